The smallest absolute Gasteiger partial charge is 0.240 e. The Hall–Kier alpha value is -2.14. The summed E-state index contributed by atoms with van der Waals surface area (Å²) in [5.41, 5.74) is 6.59. The Morgan fingerprint density at radius 3 is 2.83 bits per heavy atom. The number of rotatable bonds is 4. The van der Waals surface area contributed by atoms with Crippen molar-refractivity contribution in [2.45, 2.75) is 38.3 Å². The molecule has 1 saturated carbocycles. The predicted octanol–water partition coefficient (Wildman–Crippen LogP) is 1.64. The second kappa shape index (κ2) is 6.96. The van der Waals surface area contributed by atoms with Crippen molar-refractivity contribution >= 4 is 16.8 Å². The van der Waals surface area contributed by atoms with Crippen LogP contribution in [0.2, 0.25) is 0 Å². The maximum absolute atomic E-state index is 12.4. The van der Waals surface area contributed by atoms with Crippen LogP contribution in [0, 0.1) is 5.92 Å². The largest absolute Gasteiger partial charge is 0.351 e. The van der Waals surface area contributed by atoms with Gasteiger partial charge in [-0.05, 0) is 37.4 Å². The molecule has 0 bridgehead atoms. The fraction of sp³-hybridized carbons (Fsp3) is 0.444. The standard InChI is InChI=1S/C18H23N3O2/c19-11-13-5-1-3-7-15(13)20-18(23)12-21-10-9-17(22)14-6-2-4-8-16(14)21/h2,4,6,8-10,13,15H,1,3,5,7,11-12,19H2,(H,20,23). The lowest BCUT2D eigenvalue weighted by atomic mass is 9.84. The minimum atomic E-state index is -0.0239. The molecule has 1 fully saturated rings. The lowest BCUT2D eigenvalue weighted by molar-refractivity contribution is -0.122. The van der Waals surface area contributed by atoms with Crippen LogP contribution in [0.15, 0.2) is 41.3 Å². The molecule has 1 aliphatic rings. The van der Waals surface area contributed by atoms with Crippen LogP contribution in [0.3, 0.4) is 0 Å². The summed E-state index contributed by atoms with van der Waals surface area (Å²) < 4.78 is 1.83. The van der Waals surface area contributed by atoms with Gasteiger partial charge in [0.1, 0.15) is 6.54 Å². The summed E-state index contributed by atoms with van der Waals surface area (Å²) >= 11 is 0. The lowest BCUT2D eigenvalue weighted by Gasteiger charge is -2.31. The van der Waals surface area contributed by atoms with E-state index < -0.39 is 0 Å². The van der Waals surface area contributed by atoms with Gasteiger partial charge in [-0.3, -0.25) is 9.59 Å². The molecule has 0 spiro atoms. The molecule has 122 valence electrons. The first kappa shape index (κ1) is 15.7. The van der Waals surface area contributed by atoms with Gasteiger partial charge in [0.15, 0.2) is 5.43 Å². The fourth-order valence-corrected chi connectivity index (χ4v) is 3.49. The summed E-state index contributed by atoms with van der Waals surface area (Å²) in [5.74, 6) is 0.350. The summed E-state index contributed by atoms with van der Waals surface area (Å²) in [6, 6.07) is 9.06. The van der Waals surface area contributed by atoms with Gasteiger partial charge < -0.3 is 15.6 Å². The van der Waals surface area contributed by atoms with Gasteiger partial charge in [-0.25, -0.2) is 0 Å². The third-order valence-electron chi connectivity index (χ3n) is 4.76. The molecule has 0 radical (unpaired) electrons. The van der Waals surface area contributed by atoms with Crippen molar-refractivity contribution in [3.05, 3.63) is 46.8 Å². The molecule has 23 heavy (non-hydrogen) atoms. The maximum atomic E-state index is 12.4. The highest BCUT2D eigenvalue weighted by atomic mass is 16.2. The summed E-state index contributed by atoms with van der Waals surface area (Å²) in [6.07, 6.45) is 6.10. The lowest BCUT2D eigenvalue weighted by Crippen LogP contribution is -2.45. The van der Waals surface area contributed by atoms with Crippen molar-refractivity contribution in [1.82, 2.24) is 9.88 Å². The first-order chi connectivity index (χ1) is 11.2. The van der Waals surface area contributed by atoms with Crippen molar-refractivity contribution in [3.63, 3.8) is 0 Å². The molecule has 5 nitrogen and oxygen atoms in total. The van der Waals surface area contributed by atoms with Gasteiger partial charge in [-0.1, -0.05) is 25.0 Å². The zero-order valence-electron chi connectivity index (χ0n) is 13.2. The molecule has 2 atom stereocenters. The molecule has 2 aromatic rings. The monoisotopic (exact) mass is 313 g/mol. The number of hydrogen-bond donors (Lipinski definition) is 2. The Morgan fingerprint density at radius 2 is 2.00 bits per heavy atom. The van der Waals surface area contributed by atoms with Crippen molar-refractivity contribution in [2.24, 2.45) is 11.7 Å². The summed E-state index contributed by atoms with van der Waals surface area (Å²) in [6.45, 7) is 0.834. The first-order valence-corrected chi connectivity index (χ1v) is 8.26. The molecular formula is C18H23N3O2. The summed E-state index contributed by atoms with van der Waals surface area (Å²) in [4.78, 5) is 24.3. The molecule has 1 heterocycles. The number of carbonyl (C=O) groups excluding carboxylic acids is 1. The van der Waals surface area contributed by atoms with Crippen molar-refractivity contribution < 1.29 is 4.79 Å². The molecule has 0 saturated heterocycles. The van der Waals surface area contributed by atoms with E-state index in [9.17, 15) is 9.59 Å². The van der Waals surface area contributed by atoms with Gasteiger partial charge in [-0.15, -0.1) is 0 Å². The summed E-state index contributed by atoms with van der Waals surface area (Å²) in [7, 11) is 0. The topological polar surface area (TPSA) is 77.1 Å². The Balaban J connectivity index is 1.75. The summed E-state index contributed by atoms with van der Waals surface area (Å²) in [5, 5.41) is 3.77. The Bertz CT molecular complexity index is 753. The van der Waals surface area contributed by atoms with Crippen molar-refractivity contribution in [2.75, 3.05) is 6.54 Å². The number of hydrogen-bond acceptors (Lipinski definition) is 3. The van der Waals surface area contributed by atoms with Crippen LogP contribution in [-0.4, -0.2) is 23.1 Å². The van der Waals surface area contributed by atoms with Gasteiger partial charge in [-0.2, -0.15) is 0 Å². The van der Waals surface area contributed by atoms with Gasteiger partial charge in [0.05, 0.1) is 5.52 Å². The van der Waals surface area contributed by atoms with Gasteiger partial charge >= 0.3 is 0 Å². The minimum Gasteiger partial charge on any atom is -0.351 e. The second-order valence-corrected chi connectivity index (χ2v) is 6.28. The maximum Gasteiger partial charge on any atom is 0.240 e. The van der Waals surface area contributed by atoms with E-state index in [1.807, 2.05) is 22.8 Å². The molecule has 1 aromatic carbocycles. The van der Waals surface area contributed by atoms with Gasteiger partial charge in [0.25, 0.3) is 0 Å². The highest BCUT2D eigenvalue weighted by molar-refractivity contribution is 5.82. The number of fused-ring (bicyclic) bond motifs is 1. The number of carbonyl (C=O) groups is 1. The van der Waals surface area contributed by atoms with Crippen molar-refractivity contribution in [3.8, 4) is 0 Å². The van der Waals surface area contributed by atoms with Crippen LogP contribution >= 0.6 is 0 Å². The van der Waals surface area contributed by atoms with E-state index in [1.165, 1.54) is 12.5 Å². The second-order valence-electron chi connectivity index (χ2n) is 6.28. The number of para-hydroxylation sites is 1. The van der Waals surface area contributed by atoms with Crippen LogP contribution in [0.5, 0.6) is 0 Å². The van der Waals surface area contributed by atoms with Crippen LogP contribution in [0.1, 0.15) is 25.7 Å². The van der Waals surface area contributed by atoms with E-state index in [0.717, 1.165) is 24.8 Å². The predicted molar refractivity (Wildman–Crippen MR) is 91.2 cm³/mol. The third kappa shape index (κ3) is 3.45. The zero-order chi connectivity index (χ0) is 16.2. The number of aromatic nitrogens is 1. The van der Waals surface area contributed by atoms with E-state index in [4.69, 9.17) is 5.73 Å². The average molecular weight is 313 g/mol. The fourth-order valence-electron chi connectivity index (χ4n) is 3.49. The Morgan fingerprint density at radius 1 is 1.22 bits per heavy atom. The average Bonchev–Trinajstić information content (AvgIpc) is 2.58. The van der Waals surface area contributed by atoms with Gasteiger partial charge in [0, 0.05) is 23.7 Å². The van der Waals surface area contributed by atoms with Crippen LogP contribution in [-0.2, 0) is 11.3 Å². The minimum absolute atomic E-state index is 0.0206. The molecule has 1 aromatic heterocycles. The molecule has 1 aliphatic carbocycles. The third-order valence-corrected chi connectivity index (χ3v) is 4.76. The number of nitrogens with two attached hydrogens (primary N) is 1. The van der Waals surface area contributed by atoms with E-state index in [0.29, 0.717) is 17.8 Å². The number of nitrogens with zero attached hydrogens (tertiary/aromatic N) is 1. The van der Waals surface area contributed by atoms with E-state index in [-0.39, 0.29) is 23.9 Å². The number of pyridine rings is 1. The molecule has 3 N–H and O–H groups in total. The number of nitrogens with one attached hydrogen (secondary N) is 1. The Kier molecular flexibility index (Phi) is 4.76. The number of amides is 1. The van der Waals surface area contributed by atoms with E-state index >= 15 is 0 Å². The Labute approximate surface area is 135 Å². The molecular weight excluding hydrogens is 290 g/mol. The van der Waals surface area contributed by atoms with Crippen molar-refractivity contribution in [1.29, 1.82) is 0 Å². The highest BCUT2D eigenvalue weighted by Crippen LogP contribution is 2.23. The van der Waals surface area contributed by atoms with E-state index in [2.05, 4.69) is 5.32 Å². The molecule has 5 heteroatoms. The van der Waals surface area contributed by atoms with Crippen LogP contribution in [0.4, 0.5) is 0 Å². The molecule has 0 aliphatic heterocycles. The number of benzene rings is 1. The SMILES string of the molecule is NCC1CCCCC1NC(=O)Cn1ccc(=O)c2ccccc21. The molecule has 3 rings (SSSR count). The first-order valence-electron chi connectivity index (χ1n) is 8.26. The molecule has 2 unspecified atom stereocenters. The normalized spacial score (nSPS) is 21.3. The van der Waals surface area contributed by atoms with Crippen LogP contribution in [0.25, 0.3) is 10.9 Å². The quantitative estimate of drug-likeness (QED) is 0.901. The van der Waals surface area contributed by atoms with E-state index in [1.54, 1.807) is 12.3 Å². The highest BCUT2D eigenvalue weighted by Gasteiger charge is 2.25. The molecule has 1 amide bonds. The van der Waals surface area contributed by atoms with Gasteiger partial charge in [0.2, 0.25) is 5.91 Å². The zero-order valence-corrected chi connectivity index (χ0v) is 13.2. The van der Waals surface area contributed by atoms with Crippen LogP contribution < -0.4 is 16.5 Å².